The number of ketones is 1. The molecule has 0 bridgehead atoms. The van der Waals surface area contributed by atoms with E-state index in [1.807, 2.05) is 0 Å². The minimum atomic E-state index is -0.586. The molecule has 0 aliphatic carbocycles. The Hall–Kier alpha value is -1.43. The van der Waals surface area contributed by atoms with E-state index in [1.165, 1.54) is 6.92 Å². The number of aliphatic hydroxyl groups is 1. The Balaban J connectivity index is 2.28. The van der Waals surface area contributed by atoms with Crippen molar-refractivity contribution in [3.05, 3.63) is 29.8 Å². The fraction of sp³-hybridized carbons (Fsp3) is 0.632. The van der Waals surface area contributed by atoms with Crippen molar-refractivity contribution in [2.45, 2.75) is 52.8 Å². The molecule has 2 N–H and O–H groups in total. The number of hydrogen-bond donors (Lipinski definition) is 2. The fourth-order valence-electron chi connectivity index (χ4n) is 2.65. The number of nitrogens with one attached hydrogen (secondary N) is 1. The van der Waals surface area contributed by atoms with Crippen molar-refractivity contribution < 1.29 is 14.6 Å². The number of aliphatic hydroxyl groups excluding tert-OH is 1. The van der Waals surface area contributed by atoms with Crippen LogP contribution >= 0.6 is 0 Å². The first-order valence-corrected chi connectivity index (χ1v) is 8.69. The highest BCUT2D eigenvalue weighted by molar-refractivity contribution is 5.94. The molecule has 0 heterocycles. The lowest BCUT2D eigenvalue weighted by Gasteiger charge is -2.30. The maximum atomic E-state index is 11.3. The third-order valence-corrected chi connectivity index (χ3v) is 3.94. The molecular formula is C19H32N2O3. The number of benzene rings is 1. The summed E-state index contributed by atoms with van der Waals surface area (Å²) < 4.78 is 5.56. The van der Waals surface area contributed by atoms with E-state index in [0.717, 1.165) is 13.1 Å². The summed E-state index contributed by atoms with van der Waals surface area (Å²) in [6.07, 6.45) is -0.586. The average Bonchev–Trinajstić information content (AvgIpc) is 2.52. The van der Waals surface area contributed by atoms with Gasteiger partial charge < -0.3 is 15.2 Å². The van der Waals surface area contributed by atoms with E-state index < -0.39 is 6.10 Å². The highest BCUT2D eigenvalue weighted by Crippen LogP contribution is 2.14. The van der Waals surface area contributed by atoms with Gasteiger partial charge in [-0.05, 0) is 46.8 Å². The van der Waals surface area contributed by atoms with Crippen molar-refractivity contribution in [3.8, 4) is 5.75 Å². The van der Waals surface area contributed by atoms with Gasteiger partial charge in [-0.25, -0.2) is 0 Å². The lowest BCUT2D eigenvalue weighted by atomic mass is 10.1. The van der Waals surface area contributed by atoms with E-state index in [9.17, 15) is 9.90 Å². The van der Waals surface area contributed by atoms with E-state index in [1.54, 1.807) is 24.3 Å². The van der Waals surface area contributed by atoms with Gasteiger partial charge in [0, 0.05) is 37.3 Å². The van der Waals surface area contributed by atoms with E-state index >= 15 is 0 Å². The van der Waals surface area contributed by atoms with Gasteiger partial charge >= 0.3 is 0 Å². The number of ether oxygens (including phenoxy) is 1. The molecule has 0 saturated carbocycles. The van der Waals surface area contributed by atoms with E-state index in [4.69, 9.17) is 4.74 Å². The summed E-state index contributed by atoms with van der Waals surface area (Å²) in [5.41, 5.74) is 0.613. The molecule has 136 valence electrons. The van der Waals surface area contributed by atoms with Gasteiger partial charge in [0.25, 0.3) is 0 Å². The molecule has 1 aromatic rings. The summed E-state index contributed by atoms with van der Waals surface area (Å²) in [4.78, 5) is 13.7. The fourth-order valence-corrected chi connectivity index (χ4v) is 2.65. The van der Waals surface area contributed by atoms with Crippen LogP contribution in [-0.4, -0.2) is 60.2 Å². The number of Topliss-reactive ketones (excluding diaryl/α,β-unsaturated/α-hetero) is 1. The molecule has 1 aromatic carbocycles. The number of carbonyl (C=O) groups is 1. The number of nitrogens with zero attached hydrogens (tertiary/aromatic N) is 1. The van der Waals surface area contributed by atoms with Crippen LogP contribution in [0.2, 0.25) is 0 Å². The lowest BCUT2D eigenvalue weighted by Crippen LogP contribution is -2.43. The zero-order valence-corrected chi connectivity index (χ0v) is 15.6. The van der Waals surface area contributed by atoms with Crippen molar-refractivity contribution in [3.63, 3.8) is 0 Å². The minimum absolute atomic E-state index is 0.00234. The summed E-state index contributed by atoms with van der Waals surface area (Å²) in [5, 5.41) is 13.3. The Labute approximate surface area is 146 Å². The molecule has 0 radical (unpaired) electrons. The normalized spacial score (nSPS) is 12.9. The molecule has 24 heavy (non-hydrogen) atoms. The number of rotatable bonds is 11. The van der Waals surface area contributed by atoms with Gasteiger partial charge in [-0.3, -0.25) is 9.69 Å². The first-order valence-electron chi connectivity index (χ1n) is 8.69. The van der Waals surface area contributed by atoms with Crippen LogP contribution in [0, 0.1) is 0 Å². The predicted molar refractivity (Wildman–Crippen MR) is 97.8 cm³/mol. The largest absolute Gasteiger partial charge is 0.491 e. The Morgan fingerprint density at radius 3 is 2.50 bits per heavy atom. The van der Waals surface area contributed by atoms with Gasteiger partial charge in [0.15, 0.2) is 5.78 Å². The summed E-state index contributed by atoms with van der Waals surface area (Å²) in [7, 11) is 0. The molecule has 0 spiro atoms. The molecule has 0 unspecified atom stereocenters. The van der Waals surface area contributed by atoms with Crippen molar-refractivity contribution >= 4 is 5.78 Å². The molecule has 5 nitrogen and oxygen atoms in total. The van der Waals surface area contributed by atoms with Gasteiger partial charge in [0.1, 0.15) is 18.5 Å². The quantitative estimate of drug-likeness (QED) is 0.480. The minimum Gasteiger partial charge on any atom is -0.491 e. The Morgan fingerprint density at radius 1 is 1.25 bits per heavy atom. The number of carbonyl (C=O) groups excluding carboxylic acids is 1. The third kappa shape index (κ3) is 7.43. The molecule has 1 atom stereocenters. The van der Waals surface area contributed by atoms with Crippen molar-refractivity contribution in [1.82, 2.24) is 10.2 Å². The second-order valence-corrected chi connectivity index (χ2v) is 6.68. The average molecular weight is 336 g/mol. The zero-order valence-electron chi connectivity index (χ0n) is 15.6. The second kappa shape index (κ2) is 10.4. The van der Waals surface area contributed by atoms with Gasteiger partial charge in [0.2, 0.25) is 0 Å². The number of hydrogen-bond acceptors (Lipinski definition) is 5. The van der Waals surface area contributed by atoms with Crippen LogP contribution in [0.25, 0.3) is 0 Å². The molecule has 0 saturated heterocycles. The molecule has 0 aromatic heterocycles. The molecule has 0 fully saturated rings. The van der Waals surface area contributed by atoms with Gasteiger partial charge in [-0.2, -0.15) is 0 Å². The topological polar surface area (TPSA) is 61.8 Å². The summed E-state index contributed by atoms with van der Waals surface area (Å²) >= 11 is 0. The maximum absolute atomic E-state index is 11.3. The predicted octanol–water partition coefficient (Wildman–Crippen LogP) is 2.34. The highest BCUT2D eigenvalue weighted by Gasteiger charge is 2.13. The molecule has 0 amide bonds. The SMILES string of the molecule is CC(=O)c1cccc(OC[C@H](O)CNCCN(C(C)C)C(C)C)c1. The zero-order chi connectivity index (χ0) is 18.1. The summed E-state index contributed by atoms with van der Waals surface area (Å²) in [6.45, 7) is 12.8. The second-order valence-electron chi connectivity index (χ2n) is 6.68. The Bertz CT molecular complexity index is 495. The Kier molecular flexibility index (Phi) is 8.97. The van der Waals surface area contributed by atoms with Crippen LogP contribution in [0.5, 0.6) is 5.75 Å². The lowest BCUT2D eigenvalue weighted by molar-refractivity contribution is 0.101. The van der Waals surface area contributed by atoms with Crippen LogP contribution in [0.15, 0.2) is 24.3 Å². The molecule has 5 heteroatoms. The van der Waals surface area contributed by atoms with Gasteiger partial charge in [-0.1, -0.05) is 12.1 Å². The van der Waals surface area contributed by atoms with E-state index in [2.05, 4.69) is 37.9 Å². The Morgan fingerprint density at radius 2 is 1.92 bits per heavy atom. The first-order chi connectivity index (χ1) is 11.3. The summed E-state index contributed by atoms with van der Waals surface area (Å²) in [6, 6.07) is 8.04. The molecular weight excluding hydrogens is 304 g/mol. The maximum Gasteiger partial charge on any atom is 0.159 e. The monoisotopic (exact) mass is 336 g/mol. The van der Waals surface area contributed by atoms with Crippen LogP contribution in [0.1, 0.15) is 45.0 Å². The van der Waals surface area contributed by atoms with Crippen LogP contribution in [-0.2, 0) is 0 Å². The van der Waals surface area contributed by atoms with Crippen molar-refractivity contribution in [2.75, 3.05) is 26.2 Å². The first kappa shape index (κ1) is 20.6. The van der Waals surface area contributed by atoms with Crippen LogP contribution in [0.4, 0.5) is 0 Å². The standard InChI is InChI=1S/C19H32N2O3/c1-14(2)21(15(3)4)10-9-20-12-18(23)13-24-19-8-6-7-17(11-19)16(5)22/h6-8,11,14-15,18,20,23H,9-10,12-13H2,1-5H3/t18-/m1/s1. The van der Waals surface area contributed by atoms with Gasteiger partial charge in [-0.15, -0.1) is 0 Å². The van der Waals surface area contributed by atoms with Crippen molar-refractivity contribution in [1.29, 1.82) is 0 Å². The van der Waals surface area contributed by atoms with E-state index in [-0.39, 0.29) is 12.4 Å². The van der Waals surface area contributed by atoms with Crippen LogP contribution < -0.4 is 10.1 Å². The van der Waals surface area contributed by atoms with Gasteiger partial charge in [0.05, 0.1) is 0 Å². The summed E-state index contributed by atoms with van der Waals surface area (Å²) in [5.74, 6) is 0.607. The van der Waals surface area contributed by atoms with Crippen molar-refractivity contribution in [2.24, 2.45) is 0 Å². The smallest absolute Gasteiger partial charge is 0.159 e. The molecule has 0 aliphatic rings. The molecule has 1 rings (SSSR count). The van der Waals surface area contributed by atoms with E-state index in [0.29, 0.717) is 29.9 Å². The highest BCUT2D eigenvalue weighted by atomic mass is 16.5. The third-order valence-electron chi connectivity index (χ3n) is 3.94. The molecule has 0 aliphatic heterocycles. The van der Waals surface area contributed by atoms with Crippen LogP contribution in [0.3, 0.4) is 0 Å².